The van der Waals surface area contributed by atoms with Crippen LogP contribution in [-0.4, -0.2) is 36.4 Å². The third kappa shape index (κ3) is 3.60. The van der Waals surface area contributed by atoms with Crippen molar-refractivity contribution in [1.82, 2.24) is 18.7 Å². The van der Waals surface area contributed by atoms with Gasteiger partial charge < -0.3 is 10.4 Å². The van der Waals surface area contributed by atoms with E-state index < -0.39 is 17.4 Å². The standard InChI is InChI=1S/C17H19Cl2N5O3/c1-9(25)7-20-16-21-14-13(15(26)23(3)17(27)22(14)2)24(16)8-10-4-5-11(18)6-12(10)19/h4-6,9,25H,7-8H2,1-3H3,(H,20,21). The molecule has 2 heterocycles. The first-order valence-corrected chi connectivity index (χ1v) is 8.98. The SMILES string of the molecule is CC(O)CNc1nc2c(c(=O)n(C)c(=O)n2C)n1Cc1ccc(Cl)cc1Cl. The molecule has 1 atom stereocenters. The number of aromatic nitrogens is 4. The Morgan fingerprint density at radius 2 is 1.93 bits per heavy atom. The van der Waals surface area contributed by atoms with Crippen LogP contribution in [0.1, 0.15) is 12.5 Å². The molecule has 0 fully saturated rings. The van der Waals surface area contributed by atoms with E-state index in [1.54, 1.807) is 36.7 Å². The molecule has 0 saturated heterocycles. The Kier molecular flexibility index (Phi) is 5.32. The predicted molar refractivity (Wildman–Crippen MR) is 106 cm³/mol. The molecule has 2 aromatic heterocycles. The Morgan fingerprint density at radius 1 is 1.22 bits per heavy atom. The van der Waals surface area contributed by atoms with Crippen LogP contribution in [0.15, 0.2) is 27.8 Å². The van der Waals surface area contributed by atoms with Gasteiger partial charge in [0.1, 0.15) is 0 Å². The highest BCUT2D eigenvalue weighted by atomic mass is 35.5. The summed E-state index contributed by atoms with van der Waals surface area (Å²) in [5.41, 5.74) is 0.316. The van der Waals surface area contributed by atoms with Crippen LogP contribution in [0.4, 0.5) is 5.95 Å². The molecule has 0 bridgehead atoms. The normalized spacial score (nSPS) is 12.5. The highest BCUT2D eigenvalue weighted by Crippen LogP contribution is 2.24. The molecule has 27 heavy (non-hydrogen) atoms. The number of halogens is 2. The third-order valence-corrected chi connectivity index (χ3v) is 4.83. The minimum absolute atomic E-state index is 0.228. The van der Waals surface area contributed by atoms with Crippen molar-refractivity contribution < 1.29 is 5.11 Å². The topological polar surface area (TPSA) is 94.1 Å². The Morgan fingerprint density at radius 3 is 2.56 bits per heavy atom. The first kappa shape index (κ1) is 19.5. The van der Waals surface area contributed by atoms with Crippen LogP contribution in [0.2, 0.25) is 10.0 Å². The Hall–Kier alpha value is -2.29. The first-order chi connectivity index (χ1) is 12.7. The number of aryl methyl sites for hydroxylation is 1. The smallest absolute Gasteiger partial charge is 0.332 e. The maximum Gasteiger partial charge on any atom is 0.332 e. The van der Waals surface area contributed by atoms with Crippen molar-refractivity contribution in [1.29, 1.82) is 0 Å². The largest absolute Gasteiger partial charge is 0.392 e. The zero-order valence-corrected chi connectivity index (χ0v) is 16.5. The number of imidazole rings is 1. The quantitative estimate of drug-likeness (QED) is 0.664. The van der Waals surface area contributed by atoms with E-state index in [2.05, 4.69) is 10.3 Å². The summed E-state index contributed by atoms with van der Waals surface area (Å²) in [4.78, 5) is 29.4. The predicted octanol–water partition coefficient (Wildman–Crippen LogP) is 1.58. The summed E-state index contributed by atoms with van der Waals surface area (Å²) >= 11 is 12.2. The van der Waals surface area contributed by atoms with E-state index in [9.17, 15) is 14.7 Å². The molecule has 2 N–H and O–H groups in total. The lowest BCUT2D eigenvalue weighted by molar-refractivity contribution is 0.208. The highest BCUT2D eigenvalue weighted by molar-refractivity contribution is 6.35. The molecular weight excluding hydrogens is 393 g/mol. The second-order valence-corrected chi connectivity index (χ2v) is 7.21. The van der Waals surface area contributed by atoms with Gasteiger partial charge in [0.15, 0.2) is 11.2 Å². The highest BCUT2D eigenvalue weighted by Gasteiger charge is 2.20. The summed E-state index contributed by atoms with van der Waals surface area (Å²) < 4.78 is 3.99. The number of anilines is 1. The van der Waals surface area contributed by atoms with E-state index in [0.29, 0.717) is 16.0 Å². The first-order valence-electron chi connectivity index (χ1n) is 8.22. The molecule has 1 unspecified atom stereocenters. The molecule has 0 aliphatic carbocycles. The van der Waals surface area contributed by atoms with Crippen LogP contribution in [-0.2, 0) is 20.6 Å². The van der Waals surface area contributed by atoms with Gasteiger partial charge >= 0.3 is 5.69 Å². The molecular formula is C17H19Cl2N5O3. The second kappa shape index (κ2) is 7.38. The van der Waals surface area contributed by atoms with Crippen LogP contribution < -0.4 is 16.6 Å². The monoisotopic (exact) mass is 411 g/mol. The Labute approximate surface area is 164 Å². The van der Waals surface area contributed by atoms with E-state index in [4.69, 9.17) is 23.2 Å². The fourth-order valence-corrected chi connectivity index (χ4v) is 3.26. The average molecular weight is 412 g/mol. The number of aliphatic hydroxyl groups excluding tert-OH is 1. The second-order valence-electron chi connectivity index (χ2n) is 6.37. The summed E-state index contributed by atoms with van der Waals surface area (Å²) in [6.45, 7) is 2.10. The lowest BCUT2D eigenvalue weighted by Gasteiger charge is -2.13. The summed E-state index contributed by atoms with van der Waals surface area (Å²) in [5.74, 6) is 0.357. The van der Waals surface area contributed by atoms with E-state index in [1.807, 2.05) is 0 Å². The van der Waals surface area contributed by atoms with Gasteiger partial charge in [0.25, 0.3) is 5.56 Å². The zero-order chi connectivity index (χ0) is 19.9. The van der Waals surface area contributed by atoms with Crippen LogP contribution in [0.5, 0.6) is 0 Å². The number of hydrogen-bond acceptors (Lipinski definition) is 5. The van der Waals surface area contributed by atoms with Crippen molar-refractivity contribution in [2.75, 3.05) is 11.9 Å². The zero-order valence-electron chi connectivity index (χ0n) is 15.0. The van der Waals surface area contributed by atoms with Gasteiger partial charge in [-0.05, 0) is 24.6 Å². The number of benzene rings is 1. The van der Waals surface area contributed by atoms with Crippen molar-refractivity contribution in [2.24, 2.45) is 14.1 Å². The number of hydrogen-bond donors (Lipinski definition) is 2. The van der Waals surface area contributed by atoms with Gasteiger partial charge in [-0.2, -0.15) is 4.98 Å². The van der Waals surface area contributed by atoms with Crippen LogP contribution in [0.25, 0.3) is 11.2 Å². The molecule has 0 amide bonds. The number of nitrogens with zero attached hydrogens (tertiary/aromatic N) is 4. The van der Waals surface area contributed by atoms with E-state index >= 15 is 0 Å². The number of fused-ring (bicyclic) bond motifs is 1. The van der Waals surface area contributed by atoms with E-state index in [0.717, 1.165) is 10.1 Å². The summed E-state index contributed by atoms with van der Waals surface area (Å²) in [6, 6.07) is 5.09. The molecule has 0 spiro atoms. The molecule has 3 aromatic rings. The summed E-state index contributed by atoms with van der Waals surface area (Å²) in [6.07, 6.45) is -0.621. The van der Waals surface area contributed by atoms with Crippen molar-refractivity contribution in [2.45, 2.75) is 19.6 Å². The van der Waals surface area contributed by atoms with Gasteiger partial charge in [0.2, 0.25) is 5.95 Å². The van der Waals surface area contributed by atoms with Gasteiger partial charge in [-0.15, -0.1) is 0 Å². The van der Waals surface area contributed by atoms with Crippen LogP contribution in [0.3, 0.4) is 0 Å². The van der Waals surface area contributed by atoms with Gasteiger partial charge in [-0.3, -0.25) is 18.5 Å². The van der Waals surface area contributed by atoms with Gasteiger partial charge in [-0.25, -0.2) is 4.79 Å². The number of nitrogens with one attached hydrogen (secondary N) is 1. The van der Waals surface area contributed by atoms with E-state index in [-0.39, 0.29) is 24.3 Å². The molecule has 3 rings (SSSR count). The van der Waals surface area contributed by atoms with Gasteiger partial charge in [-0.1, -0.05) is 29.3 Å². The minimum atomic E-state index is -0.621. The van der Waals surface area contributed by atoms with Crippen molar-refractivity contribution in [3.8, 4) is 0 Å². The maximum absolute atomic E-state index is 12.8. The molecule has 0 saturated carbocycles. The average Bonchev–Trinajstić information content (AvgIpc) is 2.97. The lowest BCUT2D eigenvalue weighted by atomic mass is 10.2. The summed E-state index contributed by atoms with van der Waals surface area (Å²) in [7, 11) is 2.97. The van der Waals surface area contributed by atoms with Gasteiger partial charge in [0.05, 0.1) is 12.6 Å². The molecule has 0 radical (unpaired) electrons. The third-order valence-electron chi connectivity index (χ3n) is 4.25. The minimum Gasteiger partial charge on any atom is -0.392 e. The molecule has 10 heteroatoms. The van der Waals surface area contributed by atoms with Crippen LogP contribution >= 0.6 is 23.2 Å². The molecule has 144 valence electrons. The fraction of sp³-hybridized carbons (Fsp3) is 0.353. The molecule has 1 aromatic carbocycles. The van der Waals surface area contributed by atoms with Crippen molar-refractivity contribution in [3.63, 3.8) is 0 Å². The van der Waals surface area contributed by atoms with Crippen LogP contribution in [0, 0.1) is 0 Å². The molecule has 0 aliphatic rings. The lowest BCUT2D eigenvalue weighted by Crippen LogP contribution is -2.37. The number of rotatable bonds is 5. The van der Waals surface area contributed by atoms with E-state index in [1.165, 1.54) is 11.6 Å². The maximum atomic E-state index is 12.8. The van der Waals surface area contributed by atoms with Crippen molar-refractivity contribution >= 4 is 40.3 Å². The molecule has 8 nitrogen and oxygen atoms in total. The van der Waals surface area contributed by atoms with Gasteiger partial charge in [0, 0.05) is 30.7 Å². The molecule has 0 aliphatic heterocycles. The Bertz CT molecular complexity index is 1130. The fourth-order valence-electron chi connectivity index (χ4n) is 2.79. The summed E-state index contributed by atoms with van der Waals surface area (Å²) in [5, 5.41) is 13.6. The number of aliphatic hydroxyl groups is 1. The Balaban J connectivity index is 2.25. The van der Waals surface area contributed by atoms with Crippen molar-refractivity contribution in [3.05, 3.63) is 54.6 Å².